The van der Waals surface area contributed by atoms with Crippen LogP contribution in [0, 0.1) is 10.1 Å². The van der Waals surface area contributed by atoms with Crippen molar-refractivity contribution >= 4 is 35.7 Å². The van der Waals surface area contributed by atoms with Crippen LogP contribution in [0.5, 0.6) is 0 Å². The molecular weight excluding hydrogens is 304 g/mol. The Bertz CT molecular complexity index is 767. The number of nitro groups is 1. The van der Waals surface area contributed by atoms with Gasteiger partial charge in [0.2, 0.25) is 0 Å². The molecule has 22 heavy (non-hydrogen) atoms. The van der Waals surface area contributed by atoms with Crippen LogP contribution in [0.15, 0.2) is 42.6 Å². The number of non-ortho nitro benzene ring substituents is 1. The number of hydrogen-bond donors (Lipinski definition) is 1. The topological polar surface area (TPSA) is 79.6 Å². The first-order chi connectivity index (χ1) is 10.5. The highest BCUT2D eigenvalue weighted by molar-refractivity contribution is 7.81. The molecule has 112 valence electrons. The normalized spacial score (nSPS) is 17.4. The molecule has 0 bridgehead atoms. The molecule has 1 aromatic carbocycles. The number of hydrogen-bond acceptors (Lipinski definition) is 6. The van der Waals surface area contributed by atoms with Gasteiger partial charge in [0.25, 0.3) is 11.6 Å². The Labute approximate surface area is 131 Å². The molecule has 1 aromatic heterocycles. The maximum atomic E-state index is 12.3. The van der Waals surface area contributed by atoms with Crippen molar-refractivity contribution in [1.82, 2.24) is 9.88 Å². The molecule has 8 heteroatoms. The van der Waals surface area contributed by atoms with Crippen molar-refractivity contribution in [2.75, 3.05) is 11.9 Å². The van der Waals surface area contributed by atoms with Crippen molar-refractivity contribution in [2.24, 2.45) is 0 Å². The molecule has 0 aliphatic carbocycles. The van der Waals surface area contributed by atoms with Gasteiger partial charge in [0, 0.05) is 25.4 Å². The number of amides is 1. The summed E-state index contributed by atoms with van der Waals surface area (Å²) in [7, 11) is 1.63. The summed E-state index contributed by atoms with van der Waals surface area (Å²) in [6.07, 6.45) is 1.57. The van der Waals surface area contributed by atoms with Crippen LogP contribution in [0.3, 0.4) is 0 Å². The molecule has 1 aliphatic rings. The summed E-state index contributed by atoms with van der Waals surface area (Å²) >= 11 is 4.45. The Hall–Kier alpha value is -2.61. The zero-order chi connectivity index (χ0) is 15.9. The second-order valence-corrected chi connectivity index (χ2v) is 5.25. The molecular formula is C14H12N4O3S. The largest absolute Gasteiger partial charge is 0.312 e. The molecule has 3 rings (SSSR count). The second kappa shape index (κ2) is 5.30. The monoisotopic (exact) mass is 316 g/mol. The summed E-state index contributed by atoms with van der Waals surface area (Å²) < 4.78 is 0. The lowest BCUT2D eigenvalue weighted by Crippen LogP contribution is -2.48. The smallest absolute Gasteiger partial charge is 0.271 e. The van der Waals surface area contributed by atoms with E-state index in [4.69, 9.17) is 0 Å². The Kier molecular flexibility index (Phi) is 3.45. The third-order valence-corrected chi connectivity index (χ3v) is 4.04. The summed E-state index contributed by atoms with van der Waals surface area (Å²) in [5.41, 5.74) is 0.349. The van der Waals surface area contributed by atoms with Crippen LogP contribution in [0.2, 0.25) is 0 Å². The predicted octanol–water partition coefficient (Wildman–Crippen LogP) is 2.43. The van der Waals surface area contributed by atoms with E-state index in [2.05, 4.69) is 17.6 Å². The molecule has 0 saturated heterocycles. The van der Waals surface area contributed by atoms with Gasteiger partial charge in [-0.1, -0.05) is 6.07 Å². The van der Waals surface area contributed by atoms with E-state index < -0.39 is 10.4 Å². The maximum absolute atomic E-state index is 12.3. The van der Waals surface area contributed by atoms with Gasteiger partial charge in [0.15, 0.2) is 5.50 Å². The van der Waals surface area contributed by atoms with E-state index >= 15 is 0 Å². The molecule has 1 atom stereocenters. The summed E-state index contributed by atoms with van der Waals surface area (Å²) in [5.74, 6) is 0.246. The Balaban J connectivity index is 2.17. The number of anilines is 2. The van der Waals surface area contributed by atoms with E-state index in [1.54, 1.807) is 42.4 Å². The van der Waals surface area contributed by atoms with Crippen LogP contribution in [-0.4, -0.2) is 33.3 Å². The predicted molar refractivity (Wildman–Crippen MR) is 84.3 cm³/mol. The molecule has 2 heterocycles. The minimum Gasteiger partial charge on any atom is -0.312 e. The molecule has 1 unspecified atom stereocenters. The number of carbonyl (C=O) groups excluding carboxylic acids is 1. The van der Waals surface area contributed by atoms with Gasteiger partial charge in [0.05, 0.1) is 16.2 Å². The van der Waals surface area contributed by atoms with Gasteiger partial charge in [-0.25, -0.2) is 4.98 Å². The van der Waals surface area contributed by atoms with Crippen molar-refractivity contribution in [1.29, 1.82) is 0 Å². The lowest BCUT2D eigenvalue weighted by Gasteiger charge is -2.40. The first-order valence-corrected chi connectivity index (χ1v) is 6.96. The average molecular weight is 316 g/mol. The summed E-state index contributed by atoms with van der Waals surface area (Å²) in [6.45, 7) is 0. The van der Waals surface area contributed by atoms with Crippen molar-refractivity contribution in [3.8, 4) is 0 Å². The minimum atomic E-state index is -0.600. The number of pyridine rings is 1. The number of nitrogens with zero attached hydrogens (tertiary/aromatic N) is 4. The van der Waals surface area contributed by atoms with Crippen LogP contribution in [0.4, 0.5) is 17.2 Å². The summed E-state index contributed by atoms with van der Waals surface area (Å²) in [6, 6.07) is 9.51. The first-order valence-electron chi connectivity index (χ1n) is 6.44. The Morgan fingerprint density at radius 1 is 1.32 bits per heavy atom. The second-order valence-electron chi connectivity index (χ2n) is 4.78. The molecule has 0 spiro atoms. The van der Waals surface area contributed by atoms with Crippen LogP contribution in [0.1, 0.15) is 10.4 Å². The number of benzene rings is 1. The van der Waals surface area contributed by atoms with Crippen LogP contribution >= 0.6 is 12.6 Å². The number of nitro benzene ring substituents is 1. The number of fused-ring (bicyclic) bond motifs is 1. The van der Waals surface area contributed by atoms with E-state index in [-0.39, 0.29) is 11.6 Å². The molecule has 1 amide bonds. The maximum Gasteiger partial charge on any atom is 0.271 e. The summed E-state index contributed by atoms with van der Waals surface area (Å²) in [4.78, 5) is 30.2. The molecule has 0 radical (unpaired) electrons. The van der Waals surface area contributed by atoms with E-state index in [0.717, 1.165) is 0 Å². The third-order valence-electron chi connectivity index (χ3n) is 3.46. The van der Waals surface area contributed by atoms with Gasteiger partial charge in [-0.2, -0.15) is 0 Å². The zero-order valence-corrected chi connectivity index (χ0v) is 12.5. The van der Waals surface area contributed by atoms with Gasteiger partial charge in [0.1, 0.15) is 5.82 Å². The quantitative estimate of drug-likeness (QED) is 0.523. The lowest BCUT2D eigenvalue weighted by molar-refractivity contribution is -0.384. The highest BCUT2D eigenvalue weighted by atomic mass is 32.1. The first kappa shape index (κ1) is 14.3. The molecule has 0 fully saturated rings. The van der Waals surface area contributed by atoms with Gasteiger partial charge in [-0.3, -0.25) is 19.8 Å². The van der Waals surface area contributed by atoms with Gasteiger partial charge in [-0.15, -0.1) is 12.6 Å². The average Bonchev–Trinajstić information content (AvgIpc) is 2.53. The van der Waals surface area contributed by atoms with Crippen molar-refractivity contribution in [3.05, 3.63) is 58.3 Å². The fourth-order valence-corrected chi connectivity index (χ4v) is 2.69. The van der Waals surface area contributed by atoms with Crippen LogP contribution in [0.25, 0.3) is 0 Å². The number of rotatable bonds is 2. The van der Waals surface area contributed by atoms with E-state index in [1.165, 1.54) is 17.0 Å². The van der Waals surface area contributed by atoms with Crippen molar-refractivity contribution in [2.45, 2.75) is 5.50 Å². The van der Waals surface area contributed by atoms with E-state index in [1.807, 2.05) is 0 Å². The molecule has 1 aliphatic heterocycles. The fourth-order valence-electron chi connectivity index (χ4n) is 2.35. The van der Waals surface area contributed by atoms with E-state index in [0.29, 0.717) is 17.1 Å². The zero-order valence-electron chi connectivity index (χ0n) is 11.6. The standard InChI is InChI=1S/C14H12N4O3S/c1-16-13(19)11-6-3-7-15-12(11)17(14(16)22)9-4-2-5-10(8-9)18(20)21/h2-8,14,22H,1H3. The fraction of sp³-hybridized carbons (Fsp3) is 0.143. The van der Waals surface area contributed by atoms with Gasteiger partial charge >= 0.3 is 0 Å². The van der Waals surface area contributed by atoms with Gasteiger partial charge < -0.3 is 4.90 Å². The third kappa shape index (κ3) is 2.17. The van der Waals surface area contributed by atoms with Crippen molar-refractivity contribution in [3.63, 3.8) is 0 Å². The van der Waals surface area contributed by atoms with Crippen LogP contribution < -0.4 is 4.90 Å². The number of aromatic nitrogens is 1. The van der Waals surface area contributed by atoms with E-state index in [9.17, 15) is 14.9 Å². The summed E-state index contributed by atoms with van der Waals surface area (Å²) in [5, 5.41) is 11.0. The molecule has 0 saturated carbocycles. The van der Waals surface area contributed by atoms with Crippen molar-refractivity contribution < 1.29 is 9.72 Å². The molecule has 7 nitrogen and oxygen atoms in total. The van der Waals surface area contributed by atoms with Crippen LogP contribution in [-0.2, 0) is 0 Å². The number of carbonyl (C=O) groups is 1. The number of thiol groups is 1. The van der Waals surface area contributed by atoms with Gasteiger partial charge in [-0.05, 0) is 18.2 Å². The Morgan fingerprint density at radius 2 is 2.09 bits per heavy atom. The SMILES string of the molecule is CN1C(=O)c2cccnc2N(c2cccc([N+](=O)[O-])c2)C1S. The highest BCUT2D eigenvalue weighted by Crippen LogP contribution is 2.37. The molecule has 0 N–H and O–H groups in total. The highest BCUT2D eigenvalue weighted by Gasteiger charge is 2.35. The molecule has 2 aromatic rings. The lowest BCUT2D eigenvalue weighted by atomic mass is 10.1. The Morgan fingerprint density at radius 3 is 2.82 bits per heavy atom. The minimum absolute atomic E-state index is 0.0323.